The summed E-state index contributed by atoms with van der Waals surface area (Å²) in [5.74, 6) is -2.08. The first-order chi connectivity index (χ1) is 18.9. The molecule has 2 aliphatic heterocycles. The Kier molecular flexibility index (Phi) is 6.03. The second-order valence-corrected chi connectivity index (χ2v) is 9.77. The summed E-state index contributed by atoms with van der Waals surface area (Å²) in [6.45, 7) is 1.82. The molecule has 0 bridgehead atoms. The van der Waals surface area contributed by atoms with E-state index in [2.05, 4.69) is 15.0 Å². The first kappa shape index (κ1) is 24.6. The number of aromatic hydroxyl groups is 1. The van der Waals surface area contributed by atoms with Crippen molar-refractivity contribution in [1.82, 2.24) is 14.6 Å². The molecule has 0 unspecified atom stereocenters. The molecule has 0 spiro atoms. The van der Waals surface area contributed by atoms with Crippen LogP contribution in [-0.2, 0) is 0 Å². The number of imide groups is 1. The van der Waals surface area contributed by atoms with Crippen LogP contribution in [0.2, 0.25) is 5.02 Å². The fourth-order valence-corrected chi connectivity index (χ4v) is 5.43. The first-order valence-electron chi connectivity index (χ1n) is 12.4. The number of para-hydroxylation sites is 1. The Morgan fingerprint density at radius 1 is 0.846 bits per heavy atom. The van der Waals surface area contributed by atoms with Crippen molar-refractivity contribution in [3.8, 4) is 11.6 Å². The maximum Gasteiger partial charge on any atom is 0.335 e. The molecule has 39 heavy (non-hydrogen) atoms. The Balaban J connectivity index is 1.42. The zero-order valence-electron chi connectivity index (χ0n) is 20.6. The lowest BCUT2D eigenvalue weighted by Crippen LogP contribution is -2.37. The molecule has 6 rings (SSSR count). The van der Waals surface area contributed by atoms with Crippen molar-refractivity contribution in [2.45, 2.75) is 19.3 Å². The van der Waals surface area contributed by atoms with Crippen LogP contribution in [0, 0.1) is 0 Å². The zero-order chi connectivity index (χ0) is 27.3. The average molecular weight is 544 g/mol. The van der Waals surface area contributed by atoms with Crippen LogP contribution in [-0.4, -0.2) is 50.8 Å². The molecule has 0 aliphatic carbocycles. The predicted molar refractivity (Wildman–Crippen MR) is 147 cm³/mol. The minimum Gasteiger partial charge on any atom is -0.493 e. The van der Waals surface area contributed by atoms with Crippen molar-refractivity contribution in [3.63, 3.8) is 0 Å². The molecular formula is C28H22ClN5O5. The number of benzene rings is 3. The van der Waals surface area contributed by atoms with Gasteiger partial charge in [0.25, 0.3) is 17.4 Å². The third-order valence-corrected chi connectivity index (χ3v) is 7.40. The van der Waals surface area contributed by atoms with Gasteiger partial charge in [0, 0.05) is 29.5 Å². The van der Waals surface area contributed by atoms with Gasteiger partial charge >= 0.3 is 5.69 Å². The van der Waals surface area contributed by atoms with Crippen molar-refractivity contribution >= 4 is 46.1 Å². The number of aromatic amines is 1. The van der Waals surface area contributed by atoms with E-state index in [0.29, 0.717) is 21.5 Å². The number of hydrazone groups is 1. The number of rotatable bonds is 4. The van der Waals surface area contributed by atoms with Gasteiger partial charge in [0.05, 0.1) is 28.1 Å². The predicted octanol–water partition coefficient (Wildman–Crippen LogP) is 3.66. The summed E-state index contributed by atoms with van der Waals surface area (Å²) in [6.07, 6.45) is 4.22. The van der Waals surface area contributed by atoms with E-state index in [4.69, 9.17) is 11.6 Å². The molecule has 0 atom stereocenters. The minimum absolute atomic E-state index is 0.128. The summed E-state index contributed by atoms with van der Waals surface area (Å²) >= 11 is 6.18. The van der Waals surface area contributed by atoms with Crippen molar-refractivity contribution < 1.29 is 14.7 Å². The third kappa shape index (κ3) is 4.00. The van der Waals surface area contributed by atoms with Gasteiger partial charge in [-0.05, 0) is 49.6 Å². The van der Waals surface area contributed by atoms with Crippen LogP contribution in [0.4, 0.5) is 5.69 Å². The van der Waals surface area contributed by atoms with Crippen LogP contribution in [0.5, 0.6) is 5.88 Å². The number of hydrogen-bond donors (Lipinski definition) is 2. The summed E-state index contributed by atoms with van der Waals surface area (Å²) in [5, 5.41) is 17.0. The highest BCUT2D eigenvalue weighted by molar-refractivity contribution is 6.32. The van der Waals surface area contributed by atoms with Crippen molar-refractivity contribution in [1.29, 1.82) is 0 Å². The minimum atomic E-state index is -0.949. The highest BCUT2D eigenvalue weighted by atomic mass is 35.5. The lowest BCUT2D eigenvalue weighted by molar-refractivity contribution is 0.0616. The summed E-state index contributed by atoms with van der Waals surface area (Å²) in [4.78, 5) is 56.3. The fourth-order valence-electron chi connectivity index (χ4n) is 5.21. The average Bonchev–Trinajstić information content (AvgIpc) is 2.94. The van der Waals surface area contributed by atoms with E-state index in [1.807, 2.05) is 12.1 Å². The van der Waals surface area contributed by atoms with E-state index in [1.54, 1.807) is 30.3 Å². The Morgan fingerprint density at radius 3 is 2.31 bits per heavy atom. The molecule has 1 aromatic heterocycles. The molecule has 1 fully saturated rings. The van der Waals surface area contributed by atoms with E-state index in [9.17, 15) is 24.3 Å². The Morgan fingerprint density at radius 2 is 1.56 bits per heavy atom. The van der Waals surface area contributed by atoms with Crippen LogP contribution in [0.3, 0.4) is 0 Å². The summed E-state index contributed by atoms with van der Waals surface area (Å²) in [5.41, 5.74) is -0.587. The van der Waals surface area contributed by atoms with Crippen molar-refractivity contribution in [3.05, 3.63) is 97.1 Å². The first-order valence-corrected chi connectivity index (χ1v) is 12.8. The Labute approximate surface area is 226 Å². The molecule has 2 aliphatic rings. The molecule has 3 heterocycles. The number of amides is 2. The molecule has 0 radical (unpaired) electrons. The smallest absolute Gasteiger partial charge is 0.335 e. The number of halogens is 1. The molecule has 1 saturated heterocycles. The molecule has 3 aromatic carbocycles. The summed E-state index contributed by atoms with van der Waals surface area (Å²) in [7, 11) is 0. The number of piperidine rings is 1. The second-order valence-electron chi connectivity index (χ2n) is 9.36. The summed E-state index contributed by atoms with van der Waals surface area (Å²) in [6, 6.07) is 15.1. The lowest BCUT2D eigenvalue weighted by atomic mass is 9.93. The Bertz CT molecular complexity index is 1800. The quantitative estimate of drug-likeness (QED) is 0.299. The molecule has 196 valence electrons. The fraction of sp³-hybridized carbons (Fsp3) is 0.179. The lowest BCUT2D eigenvalue weighted by Gasteiger charge is -2.31. The van der Waals surface area contributed by atoms with E-state index < -0.39 is 34.5 Å². The number of carbonyl (C=O) groups is 2. The second kappa shape index (κ2) is 9.55. The molecule has 2 N–H and O–H groups in total. The zero-order valence-corrected chi connectivity index (χ0v) is 21.3. The highest BCUT2D eigenvalue weighted by Gasteiger charge is 2.34. The maximum absolute atomic E-state index is 13.4. The number of aromatic nitrogens is 2. The molecule has 4 aromatic rings. The van der Waals surface area contributed by atoms with E-state index >= 15 is 0 Å². The molecule has 0 saturated carbocycles. The largest absolute Gasteiger partial charge is 0.493 e. The topological polar surface area (TPSA) is 128 Å². The summed E-state index contributed by atoms with van der Waals surface area (Å²) < 4.78 is 0.809. The van der Waals surface area contributed by atoms with Crippen LogP contribution in [0.25, 0.3) is 16.5 Å². The van der Waals surface area contributed by atoms with Crippen LogP contribution >= 0.6 is 11.6 Å². The van der Waals surface area contributed by atoms with Crippen molar-refractivity contribution in [2.75, 3.05) is 18.0 Å². The van der Waals surface area contributed by atoms with Gasteiger partial charge in [0.2, 0.25) is 5.88 Å². The monoisotopic (exact) mass is 543 g/mol. The van der Waals surface area contributed by atoms with Gasteiger partial charge in [-0.15, -0.1) is 0 Å². The van der Waals surface area contributed by atoms with Gasteiger partial charge in [-0.3, -0.25) is 19.4 Å². The van der Waals surface area contributed by atoms with Crippen LogP contribution < -0.4 is 16.1 Å². The maximum atomic E-state index is 13.4. The number of H-pyrrole nitrogens is 1. The molecular weight excluding hydrogens is 522 g/mol. The number of nitrogens with zero attached hydrogens (tertiary/aromatic N) is 4. The Hall–Kier alpha value is -4.70. The van der Waals surface area contributed by atoms with Gasteiger partial charge in [0.15, 0.2) is 0 Å². The van der Waals surface area contributed by atoms with Gasteiger partial charge in [-0.2, -0.15) is 10.1 Å². The SMILES string of the molecule is O=C1c2cccc3c(N4CCCCC4)ccc(c23)C(=O)N1N=Cc1c(O)n(-c2ccccc2Cl)c(=O)[nH]c1=O. The van der Waals surface area contributed by atoms with E-state index in [-0.39, 0.29) is 10.7 Å². The van der Waals surface area contributed by atoms with Gasteiger partial charge < -0.3 is 10.0 Å². The number of nitrogens with one attached hydrogen (secondary N) is 1. The molecule has 2 amide bonds. The third-order valence-electron chi connectivity index (χ3n) is 7.08. The van der Waals surface area contributed by atoms with E-state index in [0.717, 1.165) is 47.8 Å². The number of carbonyl (C=O) groups excluding carboxylic acids is 2. The number of hydrogen-bond acceptors (Lipinski definition) is 7. The normalized spacial score (nSPS) is 15.5. The van der Waals surface area contributed by atoms with Gasteiger partial charge in [-0.1, -0.05) is 35.9 Å². The molecule has 10 nitrogen and oxygen atoms in total. The van der Waals surface area contributed by atoms with Crippen LogP contribution in [0.15, 0.2) is 69.3 Å². The van der Waals surface area contributed by atoms with Crippen LogP contribution in [0.1, 0.15) is 45.5 Å². The molecule has 11 heteroatoms. The van der Waals surface area contributed by atoms with Gasteiger partial charge in [-0.25, -0.2) is 9.36 Å². The van der Waals surface area contributed by atoms with Gasteiger partial charge in [0.1, 0.15) is 5.56 Å². The highest BCUT2D eigenvalue weighted by Crippen LogP contribution is 2.37. The van der Waals surface area contributed by atoms with Crippen molar-refractivity contribution in [2.24, 2.45) is 5.10 Å². The number of anilines is 1. The standard InChI is InChI=1S/C28H22ClN5O5/c29-20-9-2-3-10-22(20)33-25(36)19(24(35)31-28(33)39)15-30-34-26(37)17-8-6-7-16-21(32-13-4-1-5-14-32)12-11-18(23(16)17)27(34)38/h2-3,6-12,15,36H,1,4-5,13-14H2,(H,31,35,39). The van der Waals surface area contributed by atoms with E-state index in [1.165, 1.54) is 18.6 Å².